The molecule has 5 nitrogen and oxygen atoms in total. The van der Waals surface area contributed by atoms with Gasteiger partial charge in [0.15, 0.2) is 0 Å². The van der Waals surface area contributed by atoms with Gasteiger partial charge in [-0.3, -0.25) is 9.78 Å². The molecule has 0 aliphatic carbocycles. The van der Waals surface area contributed by atoms with Crippen molar-refractivity contribution in [1.29, 1.82) is 0 Å². The summed E-state index contributed by atoms with van der Waals surface area (Å²) in [7, 11) is 0. The van der Waals surface area contributed by atoms with Crippen molar-refractivity contribution in [3.63, 3.8) is 0 Å². The zero-order chi connectivity index (χ0) is 18.2. The second-order valence-electron chi connectivity index (χ2n) is 5.40. The van der Waals surface area contributed by atoms with E-state index in [0.717, 1.165) is 21.3 Å². The van der Waals surface area contributed by atoms with E-state index in [1.165, 1.54) is 0 Å². The molecule has 6 heteroatoms. The van der Waals surface area contributed by atoms with Gasteiger partial charge in [0.2, 0.25) is 0 Å². The maximum Gasteiger partial charge on any atom is 0.271 e. The van der Waals surface area contributed by atoms with Crippen LogP contribution in [0.5, 0.6) is 5.75 Å². The Balaban J connectivity index is 1.58. The lowest BCUT2D eigenvalue weighted by Gasteiger charge is -2.08. The SMILES string of the molecule is O=C(N/N=C\c1ccc(OCc2ccccc2)c(Br)c1)c1ccncc1. The van der Waals surface area contributed by atoms with E-state index in [-0.39, 0.29) is 5.91 Å². The second kappa shape index (κ2) is 8.92. The third-order valence-corrected chi connectivity index (χ3v) is 4.14. The topological polar surface area (TPSA) is 63.6 Å². The highest BCUT2D eigenvalue weighted by Gasteiger charge is 2.04. The zero-order valence-corrected chi connectivity index (χ0v) is 15.4. The Morgan fingerprint density at radius 3 is 2.62 bits per heavy atom. The number of rotatable bonds is 6. The van der Waals surface area contributed by atoms with Crippen LogP contribution >= 0.6 is 15.9 Å². The predicted molar refractivity (Wildman–Crippen MR) is 104 cm³/mol. The summed E-state index contributed by atoms with van der Waals surface area (Å²) < 4.78 is 6.63. The fourth-order valence-corrected chi connectivity index (χ4v) is 2.69. The average Bonchev–Trinajstić information content (AvgIpc) is 2.69. The van der Waals surface area contributed by atoms with Crippen LogP contribution in [0.3, 0.4) is 0 Å². The van der Waals surface area contributed by atoms with Gasteiger partial charge in [-0.1, -0.05) is 30.3 Å². The van der Waals surface area contributed by atoms with Crippen LogP contribution in [0, 0.1) is 0 Å². The number of aromatic nitrogens is 1. The number of amides is 1. The summed E-state index contributed by atoms with van der Waals surface area (Å²) in [6.45, 7) is 0.495. The molecule has 130 valence electrons. The number of nitrogens with zero attached hydrogens (tertiary/aromatic N) is 2. The van der Waals surface area contributed by atoms with E-state index in [4.69, 9.17) is 4.74 Å². The van der Waals surface area contributed by atoms with E-state index in [0.29, 0.717) is 12.2 Å². The smallest absolute Gasteiger partial charge is 0.271 e. The van der Waals surface area contributed by atoms with Gasteiger partial charge in [-0.05, 0) is 57.4 Å². The van der Waals surface area contributed by atoms with Crippen LogP contribution in [0.4, 0.5) is 0 Å². The Hall–Kier alpha value is -2.99. The minimum atomic E-state index is -0.287. The van der Waals surface area contributed by atoms with Crippen LogP contribution in [0.25, 0.3) is 0 Å². The number of carbonyl (C=O) groups is 1. The number of pyridine rings is 1. The number of ether oxygens (including phenoxy) is 1. The maximum absolute atomic E-state index is 11.9. The van der Waals surface area contributed by atoms with Crippen LogP contribution in [0.2, 0.25) is 0 Å². The number of nitrogens with one attached hydrogen (secondary N) is 1. The van der Waals surface area contributed by atoms with Crippen LogP contribution in [-0.4, -0.2) is 17.1 Å². The lowest BCUT2D eigenvalue weighted by Crippen LogP contribution is -2.17. The molecule has 0 aliphatic heterocycles. The molecule has 0 aliphatic rings. The van der Waals surface area contributed by atoms with Gasteiger partial charge in [-0.25, -0.2) is 5.43 Å². The number of halogens is 1. The van der Waals surface area contributed by atoms with Gasteiger partial charge in [0.05, 0.1) is 10.7 Å². The summed E-state index contributed by atoms with van der Waals surface area (Å²) in [5, 5.41) is 3.98. The summed E-state index contributed by atoms with van der Waals surface area (Å²) in [5.41, 5.74) is 4.92. The molecular weight excluding hydrogens is 394 g/mol. The van der Waals surface area contributed by atoms with Gasteiger partial charge < -0.3 is 4.74 Å². The number of carbonyl (C=O) groups excluding carboxylic acids is 1. The van der Waals surface area contributed by atoms with Crippen molar-refractivity contribution in [2.45, 2.75) is 6.61 Å². The van der Waals surface area contributed by atoms with Crippen molar-refractivity contribution in [2.75, 3.05) is 0 Å². The molecule has 1 heterocycles. The summed E-state index contributed by atoms with van der Waals surface area (Å²) in [5.74, 6) is 0.456. The van der Waals surface area contributed by atoms with E-state index >= 15 is 0 Å². The van der Waals surface area contributed by atoms with Crippen LogP contribution in [-0.2, 0) is 6.61 Å². The molecule has 0 radical (unpaired) electrons. The normalized spacial score (nSPS) is 10.7. The summed E-state index contributed by atoms with van der Waals surface area (Å²) in [4.78, 5) is 15.8. The van der Waals surface area contributed by atoms with Crippen LogP contribution in [0.1, 0.15) is 21.5 Å². The minimum Gasteiger partial charge on any atom is -0.488 e. The molecular formula is C20H16BrN3O2. The molecule has 26 heavy (non-hydrogen) atoms. The van der Waals surface area contributed by atoms with E-state index < -0.39 is 0 Å². The molecule has 1 amide bonds. The molecule has 1 aromatic heterocycles. The fraction of sp³-hybridized carbons (Fsp3) is 0.0500. The van der Waals surface area contributed by atoms with Gasteiger partial charge >= 0.3 is 0 Å². The lowest BCUT2D eigenvalue weighted by atomic mass is 10.2. The zero-order valence-electron chi connectivity index (χ0n) is 13.8. The summed E-state index contributed by atoms with van der Waals surface area (Å²) >= 11 is 3.50. The first-order chi connectivity index (χ1) is 12.7. The molecule has 0 fully saturated rings. The van der Waals surface area contributed by atoms with Gasteiger partial charge in [0.1, 0.15) is 12.4 Å². The summed E-state index contributed by atoms with van der Waals surface area (Å²) in [6, 6.07) is 18.8. The maximum atomic E-state index is 11.9. The van der Waals surface area contributed by atoms with Crippen molar-refractivity contribution in [2.24, 2.45) is 5.10 Å². The van der Waals surface area contributed by atoms with E-state index in [2.05, 4.69) is 31.4 Å². The Morgan fingerprint density at radius 2 is 1.88 bits per heavy atom. The second-order valence-corrected chi connectivity index (χ2v) is 6.25. The highest BCUT2D eigenvalue weighted by Crippen LogP contribution is 2.26. The van der Waals surface area contributed by atoms with Crippen molar-refractivity contribution in [1.82, 2.24) is 10.4 Å². The Kier molecular flexibility index (Phi) is 6.11. The minimum absolute atomic E-state index is 0.287. The lowest BCUT2D eigenvalue weighted by molar-refractivity contribution is 0.0955. The Bertz CT molecular complexity index is 899. The van der Waals surface area contributed by atoms with Crippen molar-refractivity contribution >= 4 is 28.1 Å². The first-order valence-corrected chi connectivity index (χ1v) is 8.71. The standard InChI is InChI=1S/C20H16BrN3O2/c21-18-12-16(13-23-24-20(25)17-8-10-22-11-9-17)6-7-19(18)26-14-15-4-2-1-3-5-15/h1-13H,14H2,(H,24,25)/b23-13-. The third-order valence-electron chi connectivity index (χ3n) is 3.52. The highest BCUT2D eigenvalue weighted by atomic mass is 79.9. The number of hydrogen-bond acceptors (Lipinski definition) is 4. The molecule has 2 aromatic carbocycles. The monoisotopic (exact) mass is 409 g/mol. The molecule has 0 atom stereocenters. The van der Waals surface area contributed by atoms with Crippen LogP contribution < -0.4 is 10.2 Å². The van der Waals surface area contributed by atoms with Gasteiger partial charge in [0, 0.05) is 18.0 Å². The molecule has 0 unspecified atom stereocenters. The highest BCUT2D eigenvalue weighted by molar-refractivity contribution is 9.10. The third kappa shape index (κ3) is 5.00. The van der Waals surface area contributed by atoms with E-state index in [1.807, 2.05) is 48.5 Å². The van der Waals surface area contributed by atoms with Gasteiger partial charge in [-0.2, -0.15) is 5.10 Å². The quantitative estimate of drug-likeness (QED) is 0.490. The van der Waals surface area contributed by atoms with Gasteiger partial charge in [-0.15, -0.1) is 0 Å². The first kappa shape index (κ1) is 17.8. The van der Waals surface area contributed by atoms with Crippen LogP contribution in [0.15, 0.2) is 82.6 Å². The van der Waals surface area contributed by atoms with Crippen molar-refractivity contribution in [3.8, 4) is 5.75 Å². The molecule has 0 bridgehead atoms. The van der Waals surface area contributed by atoms with Crippen molar-refractivity contribution < 1.29 is 9.53 Å². The molecule has 0 saturated heterocycles. The number of hydrazone groups is 1. The van der Waals surface area contributed by atoms with Gasteiger partial charge in [0.25, 0.3) is 5.91 Å². The van der Waals surface area contributed by atoms with E-state index in [9.17, 15) is 4.79 Å². The van der Waals surface area contributed by atoms with Crippen molar-refractivity contribution in [3.05, 3.63) is 94.2 Å². The molecule has 3 rings (SSSR count). The fourth-order valence-electron chi connectivity index (χ4n) is 2.18. The molecule has 0 saturated carbocycles. The summed E-state index contributed by atoms with van der Waals surface area (Å²) in [6.07, 6.45) is 4.69. The Morgan fingerprint density at radius 1 is 1.12 bits per heavy atom. The Labute approximate surface area is 159 Å². The number of benzene rings is 2. The predicted octanol–water partition coefficient (Wildman–Crippen LogP) is 4.19. The average molecular weight is 410 g/mol. The molecule has 3 aromatic rings. The first-order valence-electron chi connectivity index (χ1n) is 7.92. The largest absolute Gasteiger partial charge is 0.488 e. The number of hydrogen-bond donors (Lipinski definition) is 1. The molecule has 1 N–H and O–H groups in total. The molecule has 0 spiro atoms. The van der Waals surface area contributed by atoms with E-state index in [1.54, 1.807) is 30.7 Å².